The minimum atomic E-state index is -0.455. The van der Waals surface area contributed by atoms with E-state index in [1.54, 1.807) is 6.33 Å². The largest absolute Gasteiger partial charge is 0.388 e. The molecule has 1 unspecified atom stereocenters. The maximum absolute atomic E-state index is 10.0. The molecule has 0 spiro atoms. The smallest absolute Gasteiger partial charge is 0.139 e. The number of nitrogens with zero attached hydrogens (tertiary/aromatic N) is 2. The number of nitrogens with one attached hydrogen (secondary N) is 1. The molecule has 1 aliphatic carbocycles. The van der Waals surface area contributed by atoms with Crippen LogP contribution in [0.4, 0.5) is 11.5 Å². The van der Waals surface area contributed by atoms with Crippen molar-refractivity contribution < 1.29 is 5.11 Å². The number of aromatic nitrogens is 2. The molecule has 4 nitrogen and oxygen atoms in total. The number of fused-ring (bicyclic) bond motifs is 1. The van der Waals surface area contributed by atoms with Crippen molar-refractivity contribution in [2.24, 2.45) is 0 Å². The summed E-state index contributed by atoms with van der Waals surface area (Å²) in [4.78, 5) is 8.51. The molecule has 0 fully saturated rings. The fourth-order valence-corrected chi connectivity index (χ4v) is 2.59. The van der Waals surface area contributed by atoms with Gasteiger partial charge in [0.1, 0.15) is 12.1 Å². The molecule has 1 aromatic carbocycles. The van der Waals surface area contributed by atoms with E-state index in [2.05, 4.69) is 41.3 Å². The summed E-state index contributed by atoms with van der Waals surface area (Å²) in [5.74, 6) is 1.24. The van der Waals surface area contributed by atoms with Gasteiger partial charge in [0, 0.05) is 11.3 Å². The zero-order valence-electron chi connectivity index (χ0n) is 11.8. The van der Waals surface area contributed by atoms with Crippen LogP contribution in [0.25, 0.3) is 0 Å². The zero-order valence-corrected chi connectivity index (χ0v) is 11.8. The summed E-state index contributed by atoms with van der Waals surface area (Å²) in [7, 11) is 0. The third-order valence-electron chi connectivity index (χ3n) is 3.79. The second kappa shape index (κ2) is 5.21. The van der Waals surface area contributed by atoms with Gasteiger partial charge >= 0.3 is 0 Å². The lowest BCUT2D eigenvalue weighted by atomic mass is 10.0. The van der Waals surface area contributed by atoms with Crippen LogP contribution in [-0.2, 0) is 6.42 Å². The van der Waals surface area contributed by atoms with Crippen molar-refractivity contribution in [1.29, 1.82) is 0 Å². The number of benzene rings is 1. The Morgan fingerprint density at radius 3 is 2.65 bits per heavy atom. The summed E-state index contributed by atoms with van der Waals surface area (Å²) in [6.07, 6.45) is 2.65. The van der Waals surface area contributed by atoms with Crippen LogP contribution in [0.15, 0.2) is 30.6 Å². The molecule has 1 aliphatic rings. The van der Waals surface area contributed by atoms with Gasteiger partial charge in [-0.15, -0.1) is 0 Å². The first-order valence-electron chi connectivity index (χ1n) is 7.04. The Labute approximate surface area is 118 Å². The molecule has 2 N–H and O–H groups in total. The summed E-state index contributed by atoms with van der Waals surface area (Å²) >= 11 is 0. The summed E-state index contributed by atoms with van der Waals surface area (Å²) in [5, 5.41) is 13.3. The van der Waals surface area contributed by atoms with Crippen LogP contribution < -0.4 is 5.32 Å². The lowest BCUT2D eigenvalue weighted by Gasteiger charge is -2.13. The average Bonchev–Trinajstić information content (AvgIpc) is 2.82. The lowest BCUT2D eigenvalue weighted by Crippen LogP contribution is -2.03. The van der Waals surface area contributed by atoms with Gasteiger partial charge in [0.05, 0.1) is 11.8 Å². The van der Waals surface area contributed by atoms with Gasteiger partial charge in [-0.1, -0.05) is 26.0 Å². The fraction of sp³-hybridized carbons (Fsp3) is 0.375. The molecule has 0 bridgehead atoms. The van der Waals surface area contributed by atoms with Crippen molar-refractivity contribution in [2.75, 3.05) is 5.32 Å². The Morgan fingerprint density at radius 2 is 1.95 bits per heavy atom. The summed E-state index contributed by atoms with van der Waals surface area (Å²) in [5.41, 5.74) is 4.09. The minimum absolute atomic E-state index is 0.455. The fourth-order valence-electron chi connectivity index (χ4n) is 2.59. The number of anilines is 2. The summed E-state index contributed by atoms with van der Waals surface area (Å²) in [6.45, 7) is 4.35. The molecule has 1 atom stereocenters. The molecule has 0 radical (unpaired) electrons. The van der Waals surface area contributed by atoms with Crippen molar-refractivity contribution >= 4 is 11.5 Å². The normalized spacial score (nSPS) is 17.3. The van der Waals surface area contributed by atoms with Gasteiger partial charge in [-0.3, -0.25) is 0 Å². The third kappa shape index (κ3) is 2.39. The van der Waals surface area contributed by atoms with E-state index < -0.39 is 6.10 Å². The highest BCUT2D eigenvalue weighted by Crippen LogP contribution is 2.35. The van der Waals surface area contributed by atoms with Crippen LogP contribution in [0.1, 0.15) is 49.1 Å². The van der Waals surface area contributed by atoms with Crippen molar-refractivity contribution in [3.8, 4) is 0 Å². The quantitative estimate of drug-likeness (QED) is 0.897. The Kier molecular flexibility index (Phi) is 3.40. The lowest BCUT2D eigenvalue weighted by molar-refractivity contribution is 0.180. The molecule has 2 aromatic rings. The topological polar surface area (TPSA) is 58.0 Å². The molecule has 20 heavy (non-hydrogen) atoms. The minimum Gasteiger partial charge on any atom is -0.388 e. The van der Waals surface area contributed by atoms with Gasteiger partial charge in [-0.05, 0) is 36.5 Å². The van der Waals surface area contributed by atoms with Gasteiger partial charge < -0.3 is 10.4 Å². The van der Waals surface area contributed by atoms with Gasteiger partial charge in [-0.2, -0.15) is 0 Å². The predicted octanol–water partition coefficient (Wildman–Crippen LogP) is 3.32. The number of hydrogen-bond acceptors (Lipinski definition) is 4. The Morgan fingerprint density at radius 1 is 1.20 bits per heavy atom. The van der Waals surface area contributed by atoms with Gasteiger partial charge in [0.25, 0.3) is 0 Å². The van der Waals surface area contributed by atoms with E-state index in [1.165, 1.54) is 5.56 Å². The van der Waals surface area contributed by atoms with E-state index in [0.29, 0.717) is 5.92 Å². The van der Waals surface area contributed by atoms with Crippen molar-refractivity contribution in [2.45, 2.75) is 38.7 Å². The number of aryl methyl sites for hydroxylation is 1. The van der Waals surface area contributed by atoms with Crippen molar-refractivity contribution in [1.82, 2.24) is 9.97 Å². The predicted molar refractivity (Wildman–Crippen MR) is 79.1 cm³/mol. The monoisotopic (exact) mass is 269 g/mol. The standard InChI is InChI=1S/C16H19N3O/c1-10(2)11-3-5-12(6-4-11)19-16-15-13(17-9-18-16)7-8-14(15)20/h3-6,9-10,14,20H,7-8H2,1-2H3,(H,17,18,19). The number of aliphatic hydroxyl groups is 1. The number of rotatable bonds is 3. The number of hydrogen-bond donors (Lipinski definition) is 2. The highest BCUT2D eigenvalue weighted by atomic mass is 16.3. The molecule has 104 valence electrons. The highest BCUT2D eigenvalue weighted by molar-refractivity contribution is 5.61. The SMILES string of the molecule is CC(C)c1ccc(Nc2ncnc3c2C(O)CC3)cc1. The molecule has 0 saturated carbocycles. The van der Waals surface area contributed by atoms with Crippen LogP contribution in [-0.4, -0.2) is 15.1 Å². The van der Waals surface area contributed by atoms with E-state index in [9.17, 15) is 5.11 Å². The second-order valence-electron chi connectivity index (χ2n) is 5.54. The van der Waals surface area contributed by atoms with E-state index >= 15 is 0 Å². The van der Waals surface area contributed by atoms with Crippen LogP contribution >= 0.6 is 0 Å². The maximum Gasteiger partial charge on any atom is 0.139 e. The van der Waals surface area contributed by atoms with E-state index in [4.69, 9.17) is 0 Å². The molecule has 1 aromatic heterocycles. The zero-order chi connectivity index (χ0) is 14.1. The molecule has 0 saturated heterocycles. The number of aliphatic hydroxyl groups excluding tert-OH is 1. The Bertz CT molecular complexity index is 608. The van der Waals surface area contributed by atoms with Gasteiger partial charge in [-0.25, -0.2) is 9.97 Å². The van der Waals surface area contributed by atoms with E-state index in [1.807, 2.05) is 12.1 Å². The molecule has 1 heterocycles. The first-order valence-corrected chi connectivity index (χ1v) is 7.04. The maximum atomic E-state index is 10.0. The van der Waals surface area contributed by atoms with E-state index in [0.717, 1.165) is 35.6 Å². The summed E-state index contributed by atoms with van der Waals surface area (Å²) in [6, 6.07) is 8.33. The summed E-state index contributed by atoms with van der Waals surface area (Å²) < 4.78 is 0. The van der Waals surface area contributed by atoms with E-state index in [-0.39, 0.29) is 0 Å². The van der Waals surface area contributed by atoms with Crippen LogP contribution in [0.5, 0.6) is 0 Å². The molecular formula is C16H19N3O. The molecule has 0 aliphatic heterocycles. The first kappa shape index (κ1) is 13.1. The van der Waals surface area contributed by atoms with Crippen LogP contribution in [0, 0.1) is 0 Å². The van der Waals surface area contributed by atoms with Crippen molar-refractivity contribution in [3.63, 3.8) is 0 Å². The average molecular weight is 269 g/mol. The third-order valence-corrected chi connectivity index (χ3v) is 3.79. The molecule has 4 heteroatoms. The van der Waals surface area contributed by atoms with Crippen molar-refractivity contribution in [3.05, 3.63) is 47.4 Å². The molecule has 0 amide bonds. The first-order chi connectivity index (χ1) is 9.65. The second-order valence-corrected chi connectivity index (χ2v) is 5.54. The highest BCUT2D eigenvalue weighted by Gasteiger charge is 2.25. The molecular weight excluding hydrogens is 250 g/mol. The van der Waals surface area contributed by atoms with Gasteiger partial charge in [0.15, 0.2) is 0 Å². The van der Waals surface area contributed by atoms with Gasteiger partial charge in [0.2, 0.25) is 0 Å². The Balaban J connectivity index is 1.87. The van der Waals surface area contributed by atoms with Crippen LogP contribution in [0.2, 0.25) is 0 Å². The molecule has 3 rings (SSSR count). The Hall–Kier alpha value is -1.94. The van der Waals surface area contributed by atoms with Crippen LogP contribution in [0.3, 0.4) is 0 Å².